The van der Waals surface area contributed by atoms with Crippen LogP contribution in [0.5, 0.6) is 0 Å². The summed E-state index contributed by atoms with van der Waals surface area (Å²) in [5.74, 6) is -0.879. The van der Waals surface area contributed by atoms with Crippen LogP contribution in [0.4, 0.5) is 0 Å². The van der Waals surface area contributed by atoms with Gasteiger partial charge in [-0.25, -0.2) is 0 Å². The maximum atomic E-state index is 12.9. The van der Waals surface area contributed by atoms with Crippen molar-refractivity contribution in [1.82, 2.24) is 0 Å². The van der Waals surface area contributed by atoms with Gasteiger partial charge >= 0.3 is 17.9 Å². The number of carbonyl (C=O) groups excluding carboxylic acids is 3. The zero-order valence-corrected chi connectivity index (χ0v) is 50.8. The van der Waals surface area contributed by atoms with Gasteiger partial charge in [-0.3, -0.25) is 14.4 Å². The second-order valence-electron chi connectivity index (χ2n) is 22.4. The van der Waals surface area contributed by atoms with Gasteiger partial charge in [0.25, 0.3) is 0 Å². The van der Waals surface area contributed by atoms with Gasteiger partial charge in [-0.2, -0.15) is 0 Å². The van der Waals surface area contributed by atoms with Crippen molar-refractivity contribution < 1.29 is 28.6 Å². The number of ether oxygens (including phenoxy) is 3. The SMILES string of the molecule is CCCCCC/C=C\C/C=C\CCCCCCCC(=O)OCC(COC(=O)CCCCCCCCCCCCCCC/C=C\C/C=C\CCCCCCC)OC(=O)CCCCCCCCC/C=C\CCCCCCCC. The Hall–Kier alpha value is -2.89. The Bertz CT molecular complexity index is 1360. The fourth-order valence-corrected chi connectivity index (χ4v) is 9.68. The van der Waals surface area contributed by atoms with E-state index >= 15 is 0 Å². The van der Waals surface area contributed by atoms with Gasteiger partial charge in [0.05, 0.1) is 0 Å². The monoisotopic (exact) mass is 1060 g/mol. The first-order chi connectivity index (χ1) is 37.5. The highest BCUT2D eigenvalue weighted by molar-refractivity contribution is 5.71. The lowest BCUT2D eigenvalue weighted by Crippen LogP contribution is -2.30. The van der Waals surface area contributed by atoms with Crippen molar-refractivity contribution in [1.29, 1.82) is 0 Å². The van der Waals surface area contributed by atoms with Crippen LogP contribution in [-0.2, 0) is 28.6 Å². The van der Waals surface area contributed by atoms with Crippen LogP contribution >= 0.6 is 0 Å². The van der Waals surface area contributed by atoms with Crippen LogP contribution in [0.1, 0.15) is 348 Å². The lowest BCUT2D eigenvalue weighted by atomic mass is 10.0. The summed E-state index contributed by atoms with van der Waals surface area (Å²) < 4.78 is 16.9. The molecule has 0 spiro atoms. The summed E-state index contributed by atoms with van der Waals surface area (Å²) in [6.45, 7) is 6.64. The molecule has 6 heteroatoms. The summed E-state index contributed by atoms with van der Waals surface area (Å²) in [4.78, 5) is 38.4. The zero-order chi connectivity index (χ0) is 55.0. The lowest BCUT2D eigenvalue weighted by molar-refractivity contribution is -0.167. The number of unbranched alkanes of at least 4 members (excludes halogenated alkanes) is 40. The standard InChI is InChI=1S/C70H126O6/c1-4-7-10-13-16-19-22-25-28-31-32-33-34-35-36-37-38-40-42-45-48-51-54-57-60-63-69(72)75-66-67(65-74-68(71)62-59-56-53-50-47-44-41-30-27-24-21-18-15-12-9-6-3)76-70(73)64-61-58-55-52-49-46-43-39-29-26-23-20-17-14-11-8-5-2/h21-22,24-26,29-32,41,67H,4-20,23,27-28,33-40,42-66H2,1-3H3/b24-21-,25-22-,29-26-,32-31-,41-30-. The Kier molecular flexibility index (Phi) is 62.2. The second kappa shape index (κ2) is 64.6. The largest absolute Gasteiger partial charge is 0.462 e. The number of carbonyl (C=O) groups is 3. The fraction of sp³-hybridized carbons (Fsp3) is 0.814. The van der Waals surface area contributed by atoms with Crippen LogP contribution in [0, 0.1) is 0 Å². The normalized spacial score (nSPS) is 12.4. The van der Waals surface area contributed by atoms with E-state index in [1.807, 2.05) is 0 Å². The van der Waals surface area contributed by atoms with Crippen LogP contribution in [0.25, 0.3) is 0 Å². The Labute approximate surface area is 472 Å². The summed E-state index contributed by atoms with van der Waals surface area (Å²) in [6.07, 6.45) is 82.3. The molecule has 0 aliphatic heterocycles. The molecule has 0 aromatic rings. The van der Waals surface area contributed by atoms with Crippen molar-refractivity contribution in [2.45, 2.75) is 354 Å². The minimum atomic E-state index is -0.783. The summed E-state index contributed by atoms with van der Waals surface area (Å²) in [5.41, 5.74) is 0. The average molecular weight is 1060 g/mol. The smallest absolute Gasteiger partial charge is 0.306 e. The van der Waals surface area contributed by atoms with Gasteiger partial charge in [0.2, 0.25) is 0 Å². The van der Waals surface area contributed by atoms with Crippen LogP contribution in [-0.4, -0.2) is 37.2 Å². The van der Waals surface area contributed by atoms with Crippen LogP contribution < -0.4 is 0 Å². The highest BCUT2D eigenvalue weighted by Gasteiger charge is 2.19. The molecule has 0 saturated carbocycles. The van der Waals surface area contributed by atoms with E-state index in [9.17, 15) is 14.4 Å². The number of hydrogen-bond acceptors (Lipinski definition) is 6. The molecular formula is C70H126O6. The van der Waals surface area contributed by atoms with E-state index in [0.717, 1.165) is 83.5 Å². The molecule has 0 radical (unpaired) electrons. The van der Waals surface area contributed by atoms with Crippen molar-refractivity contribution >= 4 is 17.9 Å². The lowest BCUT2D eigenvalue weighted by Gasteiger charge is -2.18. The topological polar surface area (TPSA) is 78.9 Å². The minimum absolute atomic E-state index is 0.0787. The third-order valence-corrected chi connectivity index (χ3v) is 14.7. The number of esters is 3. The van der Waals surface area contributed by atoms with Gasteiger partial charge in [-0.15, -0.1) is 0 Å². The summed E-state index contributed by atoms with van der Waals surface area (Å²) in [7, 11) is 0. The van der Waals surface area contributed by atoms with Crippen molar-refractivity contribution in [2.75, 3.05) is 13.2 Å². The van der Waals surface area contributed by atoms with Crippen LogP contribution in [0.3, 0.4) is 0 Å². The fourth-order valence-electron chi connectivity index (χ4n) is 9.68. The first-order valence-corrected chi connectivity index (χ1v) is 33.3. The third kappa shape index (κ3) is 62.0. The maximum absolute atomic E-state index is 12.9. The molecular weight excluding hydrogens is 937 g/mol. The Morgan fingerprint density at radius 3 is 0.750 bits per heavy atom. The van der Waals surface area contributed by atoms with Crippen LogP contribution in [0.2, 0.25) is 0 Å². The van der Waals surface area contributed by atoms with E-state index < -0.39 is 6.10 Å². The molecule has 0 aromatic heterocycles. The Morgan fingerprint density at radius 1 is 0.263 bits per heavy atom. The number of rotatable bonds is 61. The number of hydrogen-bond donors (Lipinski definition) is 0. The first-order valence-electron chi connectivity index (χ1n) is 33.3. The summed E-state index contributed by atoms with van der Waals surface area (Å²) >= 11 is 0. The predicted octanol–water partition coefficient (Wildman–Crippen LogP) is 22.7. The van der Waals surface area contributed by atoms with Crippen molar-refractivity contribution in [3.05, 3.63) is 60.8 Å². The number of allylic oxidation sites excluding steroid dienone is 10. The maximum Gasteiger partial charge on any atom is 0.306 e. The molecule has 0 fully saturated rings. The molecule has 0 bridgehead atoms. The molecule has 0 heterocycles. The average Bonchev–Trinajstić information content (AvgIpc) is 3.42. The van der Waals surface area contributed by atoms with E-state index in [1.165, 1.54) is 225 Å². The van der Waals surface area contributed by atoms with E-state index in [4.69, 9.17) is 14.2 Å². The van der Waals surface area contributed by atoms with Gasteiger partial charge in [-0.1, -0.05) is 281 Å². The van der Waals surface area contributed by atoms with E-state index in [1.54, 1.807) is 0 Å². The Balaban J connectivity index is 4.32. The predicted molar refractivity (Wildman–Crippen MR) is 330 cm³/mol. The van der Waals surface area contributed by atoms with E-state index in [0.29, 0.717) is 19.3 Å². The van der Waals surface area contributed by atoms with E-state index in [-0.39, 0.29) is 31.1 Å². The molecule has 6 nitrogen and oxygen atoms in total. The summed E-state index contributed by atoms with van der Waals surface area (Å²) in [6, 6.07) is 0. The zero-order valence-electron chi connectivity index (χ0n) is 50.8. The van der Waals surface area contributed by atoms with Gasteiger partial charge in [-0.05, 0) is 109 Å². The van der Waals surface area contributed by atoms with Crippen molar-refractivity contribution in [3.63, 3.8) is 0 Å². The van der Waals surface area contributed by atoms with Crippen LogP contribution in [0.15, 0.2) is 60.8 Å². The van der Waals surface area contributed by atoms with Gasteiger partial charge in [0.15, 0.2) is 6.10 Å². The third-order valence-electron chi connectivity index (χ3n) is 14.7. The van der Waals surface area contributed by atoms with Gasteiger partial charge in [0, 0.05) is 19.3 Å². The molecule has 442 valence electrons. The van der Waals surface area contributed by atoms with E-state index in [2.05, 4.69) is 81.5 Å². The minimum Gasteiger partial charge on any atom is -0.462 e. The molecule has 0 saturated heterocycles. The highest BCUT2D eigenvalue weighted by atomic mass is 16.6. The molecule has 0 amide bonds. The van der Waals surface area contributed by atoms with Gasteiger partial charge in [0.1, 0.15) is 13.2 Å². The van der Waals surface area contributed by atoms with Gasteiger partial charge < -0.3 is 14.2 Å². The molecule has 0 rings (SSSR count). The van der Waals surface area contributed by atoms with Crippen molar-refractivity contribution in [3.8, 4) is 0 Å². The second-order valence-corrected chi connectivity index (χ2v) is 22.4. The summed E-state index contributed by atoms with van der Waals surface area (Å²) in [5, 5.41) is 0. The molecule has 0 aromatic carbocycles. The highest BCUT2D eigenvalue weighted by Crippen LogP contribution is 2.17. The molecule has 76 heavy (non-hydrogen) atoms. The molecule has 0 N–H and O–H groups in total. The van der Waals surface area contributed by atoms with Crippen molar-refractivity contribution in [2.24, 2.45) is 0 Å². The molecule has 0 aliphatic rings. The Morgan fingerprint density at radius 2 is 0.474 bits per heavy atom. The first kappa shape index (κ1) is 73.1. The molecule has 0 aliphatic carbocycles. The molecule has 1 atom stereocenters. The quantitative estimate of drug-likeness (QED) is 0.0261. The molecule has 1 unspecified atom stereocenters.